The van der Waals surface area contributed by atoms with E-state index in [-0.39, 0.29) is 36.8 Å². The number of rotatable bonds is 8. The lowest BCUT2D eigenvalue weighted by Gasteiger charge is -2.29. The minimum absolute atomic E-state index is 0.0402. The first-order valence-corrected chi connectivity index (χ1v) is 9.30. The van der Waals surface area contributed by atoms with Gasteiger partial charge < -0.3 is 15.0 Å². The van der Waals surface area contributed by atoms with Crippen LogP contribution in [0.3, 0.4) is 0 Å². The van der Waals surface area contributed by atoms with Crippen LogP contribution in [0.1, 0.15) is 31.9 Å². The van der Waals surface area contributed by atoms with Gasteiger partial charge >= 0.3 is 0 Å². The molecule has 1 atom stereocenters. The number of hydrogen-bond acceptors (Lipinski definition) is 3. The number of amides is 2. The molecule has 0 saturated carbocycles. The highest BCUT2D eigenvalue weighted by molar-refractivity contribution is 5.88. The van der Waals surface area contributed by atoms with Gasteiger partial charge in [0.05, 0.1) is 0 Å². The van der Waals surface area contributed by atoms with E-state index in [9.17, 15) is 14.0 Å². The minimum Gasteiger partial charge on any atom is -0.484 e. The average molecular weight is 386 g/mol. The van der Waals surface area contributed by atoms with Crippen molar-refractivity contribution in [1.29, 1.82) is 0 Å². The molecular formula is C22H27FN2O3. The van der Waals surface area contributed by atoms with Crippen molar-refractivity contribution in [3.8, 4) is 5.75 Å². The topological polar surface area (TPSA) is 58.6 Å². The summed E-state index contributed by atoms with van der Waals surface area (Å²) in [6, 6.07) is 12.5. The molecule has 2 amide bonds. The largest absolute Gasteiger partial charge is 0.484 e. The number of carbonyl (C=O) groups is 2. The molecule has 0 aliphatic carbocycles. The van der Waals surface area contributed by atoms with E-state index >= 15 is 0 Å². The number of carbonyl (C=O) groups excluding carboxylic acids is 2. The second-order valence-corrected chi connectivity index (χ2v) is 7.09. The average Bonchev–Trinajstić information content (AvgIpc) is 2.65. The maximum Gasteiger partial charge on any atom is 0.261 e. The molecule has 5 nitrogen and oxygen atoms in total. The van der Waals surface area contributed by atoms with Gasteiger partial charge in [-0.05, 0) is 57.5 Å². The summed E-state index contributed by atoms with van der Waals surface area (Å²) in [5, 5.41) is 2.82. The quantitative estimate of drug-likeness (QED) is 0.756. The summed E-state index contributed by atoms with van der Waals surface area (Å²) in [6.45, 7) is 7.35. The van der Waals surface area contributed by atoms with E-state index in [1.165, 1.54) is 17.0 Å². The number of halogens is 1. The molecule has 0 aliphatic rings. The Morgan fingerprint density at radius 2 is 1.64 bits per heavy atom. The zero-order chi connectivity index (χ0) is 20.7. The highest BCUT2D eigenvalue weighted by Gasteiger charge is 2.26. The molecule has 150 valence electrons. The first-order chi connectivity index (χ1) is 13.3. The summed E-state index contributed by atoms with van der Waals surface area (Å²) in [4.78, 5) is 26.7. The van der Waals surface area contributed by atoms with Crippen molar-refractivity contribution < 1.29 is 18.7 Å². The van der Waals surface area contributed by atoms with Crippen LogP contribution in [0.25, 0.3) is 0 Å². The number of nitrogens with zero attached hydrogens (tertiary/aromatic N) is 1. The fourth-order valence-corrected chi connectivity index (χ4v) is 2.64. The van der Waals surface area contributed by atoms with Crippen LogP contribution in [0.5, 0.6) is 5.75 Å². The van der Waals surface area contributed by atoms with Gasteiger partial charge in [-0.25, -0.2) is 4.39 Å². The van der Waals surface area contributed by atoms with Crippen molar-refractivity contribution in [2.24, 2.45) is 0 Å². The van der Waals surface area contributed by atoms with Gasteiger partial charge in [-0.15, -0.1) is 0 Å². The number of ether oxygens (including phenoxy) is 1. The molecule has 0 fully saturated rings. The molecule has 2 aromatic carbocycles. The van der Waals surface area contributed by atoms with Crippen molar-refractivity contribution in [3.63, 3.8) is 0 Å². The van der Waals surface area contributed by atoms with Gasteiger partial charge in [0.1, 0.15) is 17.6 Å². The summed E-state index contributed by atoms with van der Waals surface area (Å²) < 4.78 is 18.8. The van der Waals surface area contributed by atoms with Crippen LogP contribution in [0, 0.1) is 12.7 Å². The predicted octanol–water partition coefficient (Wildman–Crippen LogP) is 3.45. The fourth-order valence-electron chi connectivity index (χ4n) is 2.64. The Morgan fingerprint density at radius 1 is 1.04 bits per heavy atom. The Kier molecular flexibility index (Phi) is 7.55. The summed E-state index contributed by atoms with van der Waals surface area (Å²) in [7, 11) is 0. The van der Waals surface area contributed by atoms with Crippen molar-refractivity contribution in [1.82, 2.24) is 10.2 Å². The van der Waals surface area contributed by atoms with Crippen molar-refractivity contribution >= 4 is 11.8 Å². The van der Waals surface area contributed by atoms with Crippen LogP contribution in [0.15, 0.2) is 48.5 Å². The molecule has 1 N–H and O–H groups in total. The maximum atomic E-state index is 13.2. The molecule has 0 aromatic heterocycles. The Labute approximate surface area is 165 Å². The standard InChI is InChI=1S/C22H27FN2O3/c1-15(2)24-22(27)17(4)25(13-18-7-9-19(23)10-8-18)21(26)14-28-20-11-5-16(3)6-12-20/h5-12,15,17H,13-14H2,1-4H3,(H,24,27)/t17-/m0/s1. The molecule has 0 spiro atoms. The second-order valence-electron chi connectivity index (χ2n) is 7.09. The molecule has 0 bridgehead atoms. The van der Waals surface area contributed by atoms with Gasteiger partial charge in [-0.2, -0.15) is 0 Å². The first-order valence-electron chi connectivity index (χ1n) is 9.30. The molecule has 2 rings (SSSR count). The summed E-state index contributed by atoms with van der Waals surface area (Å²) >= 11 is 0. The van der Waals surface area contributed by atoms with E-state index in [0.717, 1.165) is 11.1 Å². The highest BCUT2D eigenvalue weighted by atomic mass is 19.1. The lowest BCUT2D eigenvalue weighted by Crippen LogP contribution is -2.50. The smallest absolute Gasteiger partial charge is 0.261 e. The number of hydrogen-bond donors (Lipinski definition) is 1. The van der Waals surface area contributed by atoms with Gasteiger partial charge in [0.2, 0.25) is 5.91 Å². The molecule has 6 heteroatoms. The Balaban J connectivity index is 2.12. The molecule has 0 heterocycles. The van der Waals surface area contributed by atoms with E-state index in [2.05, 4.69) is 5.32 Å². The van der Waals surface area contributed by atoms with E-state index in [1.807, 2.05) is 32.9 Å². The third-order valence-electron chi connectivity index (χ3n) is 4.25. The van der Waals surface area contributed by atoms with Crippen LogP contribution in [0.2, 0.25) is 0 Å². The summed E-state index contributed by atoms with van der Waals surface area (Å²) in [5.41, 5.74) is 1.82. The molecule has 0 aliphatic heterocycles. The third kappa shape index (κ3) is 6.37. The lowest BCUT2D eigenvalue weighted by molar-refractivity contribution is -0.142. The van der Waals surface area contributed by atoms with Gasteiger partial charge in [-0.1, -0.05) is 29.8 Å². The first kappa shape index (κ1) is 21.4. The molecule has 0 saturated heterocycles. The van der Waals surface area contributed by atoms with Crippen molar-refractivity contribution in [2.45, 2.75) is 46.3 Å². The monoisotopic (exact) mass is 386 g/mol. The Bertz CT molecular complexity index is 788. The molecule has 28 heavy (non-hydrogen) atoms. The van der Waals surface area contributed by atoms with Crippen LogP contribution in [-0.4, -0.2) is 35.4 Å². The van der Waals surface area contributed by atoms with Crippen molar-refractivity contribution in [2.75, 3.05) is 6.61 Å². The second kappa shape index (κ2) is 9.88. The Hall–Kier alpha value is -2.89. The van der Waals surface area contributed by atoms with Gasteiger partial charge in [-0.3, -0.25) is 9.59 Å². The normalized spacial score (nSPS) is 11.8. The number of aryl methyl sites for hydroxylation is 1. The maximum absolute atomic E-state index is 13.2. The number of benzene rings is 2. The third-order valence-corrected chi connectivity index (χ3v) is 4.25. The van der Waals surface area contributed by atoms with E-state index in [1.54, 1.807) is 31.2 Å². The SMILES string of the molecule is Cc1ccc(OCC(=O)N(Cc2ccc(F)cc2)[C@@H](C)C(=O)NC(C)C)cc1. The molecule has 2 aromatic rings. The number of nitrogens with one attached hydrogen (secondary N) is 1. The molecular weight excluding hydrogens is 359 g/mol. The highest BCUT2D eigenvalue weighted by Crippen LogP contribution is 2.14. The van der Waals surface area contributed by atoms with Crippen molar-refractivity contribution in [3.05, 3.63) is 65.5 Å². The Morgan fingerprint density at radius 3 is 2.21 bits per heavy atom. The van der Waals surface area contributed by atoms with Crippen LogP contribution in [0.4, 0.5) is 4.39 Å². The summed E-state index contributed by atoms with van der Waals surface area (Å²) in [5.74, 6) is -0.341. The van der Waals surface area contributed by atoms with Crippen LogP contribution < -0.4 is 10.1 Å². The van der Waals surface area contributed by atoms with E-state index < -0.39 is 6.04 Å². The van der Waals surface area contributed by atoms with E-state index in [0.29, 0.717) is 5.75 Å². The fraction of sp³-hybridized carbons (Fsp3) is 0.364. The lowest BCUT2D eigenvalue weighted by atomic mass is 10.1. The van der Waals surface area contributed by atoms with E-state index in [4.69, 9.17) is 4.74 Å². The molecule has 0 radical (unpaired) electrons. The molecule has 0 unspecified atom stereocenters. The van der Waals surface area contributed by atoms with Crippen LogP contribution >= 0.6 is 0 Å². The van der Waals surface area contributed by atoms with Crippen LogP contribution in [-0.2, 0) is 16.1 Å². The van der Waals surface area contributed by atoms with Gasteiger partial charge in [0.15, 0.2) is 6.61 Å². The van der Waals surface area contributed by atoms with Gasteiger partial charge in [0.25, 0.3) is 5.91 Å². The zero-order valence-corrected chi connectivity index (χ0v) is 16.7. The minimum atomic E-state index is -0.693. The zero-order valence-electron chi connectivity index (χ0n) is 16.7. The van der Waals surface area contributed by atoms with Gasteiger partial charge in [0, 0.05) is 12.6 Å². The predicted molar refractivity (Wildman–Crippen MR) is 106 cm³/mol. The summed E-state index contributed by atoms with van der Waals surface area (Å²) in [6.07, 6.45) is 0.